The molecule has 0 radical (unpaired) electrons. The first-order valence-electron chi connectivity index (χ1n) is 11.3. The maximum absolute atomic E-state index is 12.3. The minimum absolute atomic E-state index is 0.135. The van der Waals surface area contributed by atoms with E-state index in [2.05, 4.69) is 36.6 Å². The summed E-state index contributed by atoms with van der Waals surface area (Å²) >= 11 is 19.3. The van der Waals surface area contributed by atoms with Crippen molar-refractivity contribution in [2.45, 2.75) is 86.9 Å². The Balaban J connectivity index is 1.62. The fourth-order valence-electron chi connectivity index (χ4n) is 5.42. The van der Waals surface area contributed by atoms with Crippen molar-refractivity contribution < 1.29 is 4.79 Å². The number of rotatable bonds is 5. The Morgan fingerprint density at radius 1 is 1.18 bits per heavy atom. The number of thiazole rings is 1. The molecule has 2 saturated carbocycles. The summed E-state index contributed by atoms with van der Waals surface area (Å²) in [5.74, 6) is 0.155. The quantitative estimate of drug-likeness (QED) is 0.433. The summed E-state index contributed by atoms with van der Waals surface area (Å²) in [6.07, 6.45) is 7.66. The van der Waals surface area contributed by atoms with E-state index >= 15 is 0 Å². The molecule has 2 heterocycles. The van der Waals surface area contributed by atoms with Gasteiger partial charge in [-0.3, -0.25) is 14.6 Å². The van der Waals surface area contributed by atoms with Crippen LogP contribution in [0.4, 0.5) is 0 Å². The second-order valence-corrected chi connectivity index (χ2v) is 12.2. The van der Waals surface area contributed by atoms with E-state index in [9.17, 15) is 14.4 Å². The van der Waals surface area contributed by atoms with E-state index in [-0.39, 0.29) is 33.7 Å². The Morgan fingerprint density at radius 2 is 1.82 bits per heavy atom. The number of carbonyl (C=O) groups is 1. The van der Waals surface area contributed by atoms with Gasteiger partial charge in [0, 0.05) is 28.0 Å². The van der Waals surface area contributed by atoms with Crippen molar-refractivity contribution in [1.82, 2.24) is 19.7 Å². The van der Waals surface area contributed by atoms with Crippen LogP contribution in [-0.4, -0.2) is 35.6 Å². The maximum Gasteiger partial charge on any atom is 0.345 e. The van der Waals surface area contributed by atoms with Crippen molar-refractivity contribution in [1.29, 1.82) is 0 Å². The lowest BCUT2D eigenvalue weighted by molar-refractivity contribution is 0.109. The Labute approximate surface area is 211 Å². The number of hydrogen-bond acceptors (Lipinski definition) is 6. The smallest absolute Gasteiger partial charge is 0.281 e. The molecule has 2 unspecified atom stereocenters. The first-order valence-corrected chi connectivity index (χ1v) is 13.4. The first kappa shape index (κ1) is 24.9. The molecule has 180 valence electrons. The molecule has 2 aliphatic carbocycles. The predicted molar refractivity (Wildman–Crippen MR) is 134 cm³/mol. The average Bonchev–Trinajstić information content (AvgIpc) is 3.20. The zero-order chi connectivity index (χ0) is 23.9. The number of aromatic nitrogens is 4. The summed E-state index contributed by atoms with van der Waals surface area (Å²) in [5, 5.41) is 3.90. The van der Waals surface area contributed by atoms with E-state index in [1.54, 1.807) is 0 Å². The molecule has 0 saturated heterocycles. The Hall–Kier alpha value is -1.16. The summed E-state index contributed by atoms with van der Waals surface area (Å²) in [6.45, 7) is 4.15. The van der Waals surface area contributed by atoms with Gasteiger partial charge < -0.3 is 0 Å². The second kappa shape index (κ2) is 9.84. The summed E-state index contributed by atoms with van der Waals surface area (Å²) in [4.78, 5) is 43.8. The molecule has 2 aromatic rings. The van der Waals surface area contributed by atoms with Crippen LogP contribution in [0.2, 0.25) is 0 Å². The molecule has 0 bridgehead atoms. The summed E-state index contributed by atoms with van der Waals surface area (Å²) in [6, 6.07) is -0.310. The number of aromatic amines is 1. The Morgan fingerprint density at radius 3 is 2.39 bits per heavy atom. The number of halogens is 2. The second-order valence-electron chi connectivity index (χ2n) is 9.66. The van der Waals surface area contributed by atoms with Gasteiger partial charge in [-0.15, -0.1) is 34.5 Å². The Bertz CT molecular complexity index is 1130. The molecule has 4 rings (SSSR count). The van der Waals surface area contributed by atoms with Gasteiger partial charge in [-0.05, 0) is 25.7 Å². The highest BCUT2D eigenvalue weighted by molar-refractivity contribution is 7.97. The number of H-pyrrole nitrogens is 1. The van der Waals surface area contributed by atoms with Crippen molar-refractivity contribution in [3.63, 3.8) is 0 Å². The average molecular weight is 532 g/mol. The lowest BCUT2D eigenvalue weighted by Gasteiger charge is -2.44. The van der Waals surface area contributed by atoms with Crippen LogP contribution >= 0.6 is 47.2 Å². The molecular weight excluding hydrogens is 503 g/mol. The molecule has 2 fully saturated rings. The highest BCUT2D eigenvalue weighted by Gasteiger charge is 2.48. The van der Waals surface area contributed by atoms with Gasteiger partial charge in [0.1, 0.15) is 11.1 Å². The third-order valence-electron chi connectivity index (χ3n) is 7.08. The monoisotopic (exact) mass is 530 g/mol. The van der Waals surface area contributed by atoms with E-state index in [0.717, 1.165) is 42.6 Å². The minimum Gasteiger partial charge on any atom is -0.281 e. The van der Waals surface area contributed by atoms with E-state index < -0.39 is 16.7 Å². The number of hydrogen-bond donors (Lipinski definition) is 2. The minimum atomic E-state index is -0.563. The third kappa shape index (κ3) is 4.97. The van der Waals surface area contributed by atoms with E-state index in [1.165, 1.54) is 22.4 Å². The number of alkyl halides is 2. The van der Waals surface area contributed by atoms with Gasteiger partial charge in [0.15, 0.2) is 0 Å². The first-order chi connectivity index (χ1) is 15.6. The number of carbonyl (C=O) groups excluding carboxylic acids is 1. The molecule has 33 heavy (non-hydrogen) atoms. The van der Waals surface area contributed by atoms with Crippen LogP contribution in [0.1, 0.15) is 91.1 Å². The summed E-state index contributed by atoms with van der Waals surface area (Å²) < 4.78 is 1.26. The Kier molecular flexibility index (Phi) is 7.44. The van der Waals surface area contributed by atoms with Crippen LogP contribution in [0.25, 0.3) is 0 Å². The van der Waals surface area contributed by atoms with Crippen LogP contribution in [0, 0.1) is 5.92 Å². The zero-order valence-electron chi connectivity index (χ0n) is 18.6. The lowest BCUT2D eigenvalue weighted by atomic mass is 9.69. The number of nitrogens with one attached hydrogen (secondary N) is 1. The van der Waals surface area contributed by atoms with E-state index in [0.29, 0.717) is 17.7 Å². The molecule has 1 N–H and O–H groups in total. The normalized spacial score (nSPS) is 26.9. The van der Waals surface area contributed by atoms with Gasteiger partial charge >= 0.3 is 5.69 Å². The molecule has 0 aromatic carbocycles. The molecule has 7 nitrogen and oxygen atoms in total. The maximum atomic E-state index is 12.3. The molecule has 0 spiro atoms. The van der Waals surface area contributed by atoms with Gasteiger partial charge in [-0.1, -0.05) is 45.7 Å². The van der Waals surface area contributed by atoms with Crippen molar-refractivity contribution in [2.75, 3.05) is 0 Å². The summed E-state index contributed by atoms with van der Waals surface area (Å²) in [7, 11) is 0. The lowest BCUT2D eigenvalue weighted by Crippen LogP contribution is -2.48. The van der Waals surface area contributed by atoms with Gasteiger partial charge in [0.25, 0.3) is 5.56 Å². The molecule has 11 heteroatoms. The van der Waals surface area contributed by atoms with Crippen molar-refractivity contribution in [3.05, 3.63) is 42.6 Å². The van der Waals surface area contributed by atoms with Crippen molar-refractivity contribution >= 4 is 52.3 Å². The topological polar surface area (TPSA) is 97.7 Å². The van der Waals surface area contributed by atoms with Gasteiger partial charge in [0.2, 0.25) is 5.12 Å². The largest absolute Gasteiger partial charge is 0.345 e. The van der Waals surface area contributed by atoms with Gasteiger partial charge in [-0.2, -0.15) is 5.10 Å². The van der Waals surface area contributed by atoms with Crippen molar-refractivity contribution in [3.8, 4) is 0 Å². The van der Waals surface area contributed by atoms with Gasteiger partial charge in [-0.25, -0.2) is 14.5 Å². The zero-order valence-corrected chi connectivity index (χ0v) is 21.8. The van der Waals surface area contributed by atoms with E-state index in [4.69, 9.17) is 28.2 Å². The molecular formula is C22H28Cl2N4O3S2. The van der Waals surface area contributed by atoms with Crippen LogP contribution in [0.15, 0.2) is 15.8 Å². The summed E-state index contributed by atoms with van der Waals surface area (Å²) in [5.41, 5.74) is -0.712. The fourth-order valence-corrected chi connectivity index (χ4v) is 8.28. The number of thiol groups is 1. The SMILES string of the molecule is CC(C)(c1nc(C2CCCCC2)c(C(=O)S)s1)C1C(Cl)CC(n2ncc(=O)[nH]c2=O)CC1Cl. The van der Waals surface area contributed by atoms with Gasteiger partial charge in [0.05, 0.1) is 16.7 Å². The standard InChI is InChI=1S/C22H28Cl2N4O3S2/c1-22(2,20-27-17(18(33-20)19(30)32)11-6-4-3-5-7-11)16-13(23)8-12(9-14(16)24)28-21(31)26-15(29)10-25-28/h10-14,16H,3-9H2,1-2H3,(H,30,32)(H,26,29,31). The van der Waals surface area contributed by atoms with E-state index in [1.807, 2.05) is 0 Å². The van der Waals surface area contributed by atoms with Crippen LogP contribution in [0.5, 0.6) is 0 Å². The van der Waals surface area contributed by atoms with Crippen LogP contribution in [0.3, 0.4) is 0 Å². The molecule has 2 aliphatic rings. The predicted octanol–water partition coefficient (Wildman–Crippen LogP) is 4.65. The highest BCUT2D eigenvalue weighted by Crippen LogP contribution is 2.49. The highest BCUT2D eigenvalue weighted by atomic mass is 35.5. The van der Waals surface area contributed by atoms with Crippen molar-refractivity contribution in [2.24, 2.45) is 5.92 Å². The molecule has 2 atom stereocenters. The third-order valence-corrected chi connectivity index (χ3v) is 9.76. The molecule has 0 aliphatic heterocycles. The molecule has 0 amide bonds. The van der Waals surface area contributed by atoms with Crippen LogP contribution in [-0.2, 0) is 5.41 Å². The fraction of sp³-hybridized carbons (Fsp3) is 0.682. The van der Waals surface area contributed by atoms with Crippen LogP contribution < -0.4 is 11.2 Å². The molecule has 2 aromatic heterocycles. The number of nitrogens with zero attached hydrogens (tertiary/aromatic N) is 3.